The maximum Gasteiger partial charge on any atom is 0.410 e. The molecule has 2 aromatic heterocycles. The van der Waals surface area contributed by atoms with E-state index in [-0.39, 0.29) is 6.09 Å². The number of hydrogen-bond donors (Lipinski definition) is 0. The van der Waals surface area contributed by atoms with E-state index in [4.69, 9.17) is 16.3 Å². The summed E-state index contributed by atoms with van der Waals surface area (Å²) in [6.45, 7) is 6.82. The van der Waals surface area contributed by atoms with Crippen molar-refractivity contribution in [1.29, 1.82) is 0 Å². The van der Waals surface area contributed by atoms with Crippen molar-refractivity contribution in [2.75, 3.05) is 13.1 Å². The van der Waals surface area contributed by atoms with Crippen LogP contribution in [0.15, 0.2) is 30.6 Å². The molecule has 0 fully saturated rings. The summed E-state index contributed by atoms with van der Waals surface area (Å²) < 4.78 is 7.19. The number of amides is 1. The van der Waals surface area contributed by atoms with Crippen LogP contribution in [0, 0.1) is 0 Å². The fraction of sp³-hybridized carbons (Fsp3) is 0.412. The molecule has 0 atom stereocenters. The Hall–Kier alpha value is -2.01. The lowest BCUT2D eigenvalue weighted by Crippen LogP contribution is -2.39. The SMILES string of the molecule is CC(C)(C)OC(=O)N1CC=C(c2cnn3cc(Cl)ccc23)CC1. The standard InChI is InChI=1S/C17H20ClN3O2/c1-17(2,3)23-16(22)20-8-6-12(7-9-20)14-10-19-21-11-13(18)4-5-15(14)21/h4-6,10-11H,7-9H2,1-3H3. The van der Waals surface area contributed by atoms with E-state index < -0.39 is 5.60 Å². The molecule has 1 aliphatic rings. The number of ether oxygens (including phenoxy) is 1. The molecule has 1 amide bonds. The predicted molar refractivity (Wildman–Crippen MR) is 90.6 cm³/mol. The molecule has 0 N–H and O–H groups in total. The summed E-state index contributed by atoms with van der Waals surface area (Å²) in [7, 11) is 0. The van der Waals surface area contributed by atoms with Crippen molar-refractivity contribution >= 4 is 28.8 Å². The second kappa shape index (κ2) is 5.89. The van der Waals surface area contributed by atoms with Crippen molar-refractivity contribution in [3.63, 3.8) is 0 Å². The lowest BCUT2D eigenvalue weighted by atomic mass is 10.0. The maximum absolute atomic E-state index is 12.1. The zero-order chi connectivity index (χ0) is 16.6. The Morgan fingerprint density at radius 1 is 1.35 bits per heavy atom. The van der Waals surface area contributed by atoms with Crippen LogP contribution in [-0.4, -0.2) is 39.3 Å². The normalized spacial score (nSPS) is 15.7. The Labute approximate surface area is 140 Å². The van der Waals surface area contributed by atoms with E-state index in [9.17, 15) is 4.79 Å². The van der Waals surface area contributed by atoms with Crippen LogP contribution in [0.3, 0.4) is 0 Å². The van der Waals surface area contributed by atoms with Gasteiger partial charge in [0.15, 0.2) is 0 Å². The minimum atomic E-state index is -0.469. The average Bonchev–Trinajstić information content (AvgIpc) is 2.88. The molecule has 0 spiro atoms. The largest absolute Gasteiger partial charge is 0.444 e. The van der Waals surface area contributed by atoms with E-state index in [1.807, 2.05) is 39.1 Å². The molecular weight excluding hydrogens is 314 g/mol. The van der Waals surface area contributed by atoms with Crippen molar-refractivity contribution in [3.8, 4) is 0 Å². The van der Waals surface area contributed by atoms with Crippen molar-refractivity contribution in [2.24, 2.45) is 0 Å². The molecule has 0 saturated carbocycles. The molecule has 0 aliphatic carbocycles. The highest BCUT2D eigenvalue weighted by Gasteiger charge is 2.24. The summed E-state index contributed by atoms with van der Waals surface area (Å²) >= 11 is 5.99. The molecule has 3 rings (SSSR count). The van der Waals surface area contributed by atoms with E-state index in [2.05, 4.69) is 11.2 Å². The number of nitrogens with zero attached hydrogens (tertiary/aromatic N) is 3. The van der Waals surface area contributed by atoms with Gasteiger partial charge in [0.1, 0.15) is 5.60 Å². The molecule has 0 bridgehead atoms. The minimum Gasteiger partial charge on any atom is -0.444 e. The smallest absolute Gasteiger partial charge is 0.410 e. The molecule has 0 radical (unpaired) electrons. The quantitative estimate of drug-likeness (QED) is 0.792. The molecule has 5 nitrogen and oxygen atoms in total. The second-order valence-electron chi connectivity index (χ2n) is 6.64. The zero-order valence-electron chi connectivity index (χ0n) is 13.5. The van der Waals surface area contributed by atoms with Crippen LogP contribution in [-0.2, 0) is 4.74 Å². The number of carbonyl (C=O) groups excluding carboxylic acids is 1. The lowest BCUT2D eigenvalue weighted by Gasteiger charge is -2.29. The Morgan fingerprint density at radius 2 is 2.13 bits per heavy atom. The van der Waals surface area contributed by atoms with Gasteiger partial charge in [0.05, 0.1) is 16.7 Å². The van der Waals surface area contributed by atoms with Crippen molar-refractivity contribution in [1.82, 2.24) is 14.5 Å². The molecule has 122 valence electrons. The number of aromatic nitrogens is 2. The molecule has 1 aliphatic heterocycles. The van der Waals surface area contributed by atoms with Crippen molar-refractivity contribution < 1.29 is 9.53 Å². The average molecular weight is 334 g/mol. The van der Waals surface area contributed by atoms with E-state index in [1.54, 1.807) is 15.6 Å². The van der Waals surface area contributed by atoms with Gasteiger partial charge in [0.2, 0.25) is 0 Å². The Bertz CT molecular complexity index is 774. The van der Waals surface area contributed by atoms with E-state index in [1.165, 1.54) is 5.57 Å². The Morgan fingerprint density at radius 3 is 2.78 bits per heavy atom. The Balaban J connectivity index is 1.77. The highest BCUT2D eigenvalue weighted by Crippen LogP contribution is 2.27. The summed E-state index contributed by atoms with van der Waals surface area (Å²) in [4.78, 5) is 13.8. The summed E-state index contributed by atoms with van der Waals surface area (Å²) in [6.07, 6.45) is 6.22. The van der Waals surface area contributed by atoms with Gasteiger partial charge in [-0.05, 0) is 44.9 Å². The van der Waals surface area contributed by atoms with E-state index in [0.29, 0.717) is 18.1 Å². The zero-order valence-corrected chi connectivity index (χ0v) is 14.3. The van der Waals surface area contributed by atoms with Crippen LogP contribution < -0.4 is 0 Å². The first kappa shape index (κ1) is 15.9. The topological polar surface area (TPSA) is 46.8 Å². The van der Waals surface area contributed by atoms with Crippen molar-refractivity contribution in [3.05, 3.63) is 41.2 Å². The molecule has 0 saturated heterocycles. The maximum atomic E-state index is 12.1. The highest BCUT2D eigenvalue weighted by atomic mass is 35.5. The van der Waals surface area contributed by atoms with Crippen LogP contribution in [0.5, 0.6) is 0 Å². The highest BCUT2D eigenvalue weighted by molar-refractivity contribution is 6.30. The number of carbonyl (C=O) groups is 1. The molecule has 2 aromatic rings. The molecule has 0 aromatic carbocycles. The fourth-order valence-electron chi connectivity index (χ4n) is 2.61. The number of halogens is 1. The number of hydrogen-bond acceptors (Lipinski definition) is 3. The van der Waals surface area contributed by atoms with Gasteiger partial charge in [-0.1, -0.05) is 17.7 Å². The molecule has 23 heavy (non-hydrogen) atoms. The third-order valence-electron chi connectivity index (χ3n) is 3.69. The van der Waals surface area contributed by atoms with Gasteiger partial charge in [-0.25, -0.2) is 9.31 Å². The van der Waals surface area contributed by atoms with Gasteiger partial charge in [-0.15, -0.1) is 0 Å². The van der Waals surface area contributed by atoms with Crippen LogP contribution in [0.1, 0.15) is 32.8 Å². The van der Waals surface area contributed by atoms with Gasteiger partial charge in [0, 0.05) is 24.8 Å². The molecular formula is C17H20ClN3O2. The molecule has 6 heteroatoms. The summed E-state index contributed by atoms with van der Waals surface area (Å²) in [5.41, 5.74) is 2.84. The van der Waals surface area contributed by atoms with Gasteiger partial charge in [-0.2, -0.15) is 5.10 Å². The monoisotopic (exact) mass is 333 g/mol. The van der Waals surface area contributed by atoms with Gasteiger partial charge < -0.3 is 9.64 Å². The van der Waals surface area contributed by atoms with Gasteiger partial charge in [0.25, 0.3) is 0 Å². The first-order chi connectivity index (χ1) is 10.8. The summed E-state index contributed by atoms with van der Waals surface area (Å²) in [5, 5.41) is 5.00. The van der Waals surface area contributed by atoms with Crippen LogP contribution in [0.25, 0.3) is 11.1 Å². The first-order valence-electron chi connectivity index (χ1n) is 7.64. The van der Waals surface area contributed by atoms with E-state index >= 15 is 0 Å². The Kier molecular flexibility index (Phi) is 4.06. The number of rotatable bonds is 1. The van der Waals surface area contributed by atoms with E-state index in [0.717, 1.165) is 17.5 Å². The molecule has 3 heterocycles. The third kappa shape index (κ3) is 3.50. The fourth-order valence-corrected chi connectivity index (χ4v) is 2.77. The lowest BCUT2D eigenvalue weighted by molar-refractivity contribution is 0.0270. The van der Waals surface area contributed by atoms with Crippen molar-refractivity contribution in [2.45, 2.75) is 32.8 Å². The first-order valence-corrected chi connectivity index (χ1v) is 8.01. The minimum absolute atomic E-state index is 0.264. The van der Waals surface area contributed by atoms with Gasteiger partial charge in [-0.3, -0.25) is 0 Å². The van der Waals surface area contributed by atoms with Crippen LogP contribution in [0.2, 0.25) is 5.02 Å². The number of fused-ring (bicyclic) bond motifs is 1. The van der Waals surface area contributed by atoms with Crippen LogP contribution in [0.4, 0.5) is 4.79 Å². The second-order valence-corrected chi connectivity index (χ2v) is 7.08. The number of pyridine rings is 1. The molecule has 0 unspecified atom stereocenters. The third-order valence-corrected chi connectivity index (χ3v) is 3.91. The van der Waals surface area contributed by atoms with Gasteiger partial charge >= 0.3 is 6.09 Å². The summed E-state index contributed by atoms with van der Waals surface area (Å²) in [5.74, 6) is 0. The van der Waals surface area contributed by atoms with Crippen LogP contribution >= 0.6 is 11.6 Å². The summed E-state index contributed by atoms with van der Waals surface area (Å²) in [6, 6.07) is 3.82. The predicted octanol–water partition coefficient (Wildman–Crippen LogP) is 4.01.